The zero-order chi connectivity index (χ0) is 27.4. The number of carboxylic acids is 1. The Bertz CT molecular complexity index is 928. The molecule has 1 rings (SSSR count). The Kier molecular flexibility index (Phi) is 12.7. The van der Waals surface area contributed by atoms with Gasteiger partial charge in [-0.3, -0.25) is 19.2 Å². The molecule has 0 aliphatic carbocycles. The van der Waals surface area contributed by atoms with Crippen molar-refractivity contribution < 1.29 is 34.2 Å². The summed E-state index contributed by atoms with van der Waals surface area (Å²) in [6.45, 7) is 3.67. The van der Waals surface area contributed by atoms with Gasteiger partial charge >= 0.3 is 5.97 Å². The highest BCUT2D eigenvalue weighted by molar-refractivity contribution is 7.80. The highest BCUT2D eigenvalue weighted by atomic mass is 32.1. The number of phenolic OH excluding ortho intramolecular Hbond substituents is 1. The van der Waals surface area contributed by atoms with Crippen LogP contribution in [0.4, 0.5) is 0 Å². The minimum atomic E-state index is -1.32. The maximum Gasteiger partial charge on any atom is 0.327 e. The van der Waals surface area contributed by atoms with E-state index in [0.29, 0.717) is 12.0 Å². The van der Waals surface area contributed by atoms with Crippen molar-refractivity contribution in [2.24, 2.45) is 17.4 Å². The van der Waals surface area contributed by atoms with Crippen molar-refractivity contribution in [2.75, 3.05) is 5.75 Å². The van der Waals surface area contributed by atoms with Gasteiger partial charge in [-0.1, -0.05) is 32.4 Å². The van der Waals surface area contributed by atoms with E-state index in [0.717, 1.165) is 0 Å². The van der Waals surface area contributed by atoms with Crippen LogP contribution in [-0.4, -0.2) is 69.7 Å². The normalized spacial score (nSPS) is 15.0. The number of carbonyl (C=O) groups excluding carboxylic acids is 4. The molecule has 0 aliphatic rings. The molecule has 0 saturated heterocycles. The molecule has 13 heteroatoms. The zero-order valence-corrected chi connectivity index (χ0v) is 21.2. The molecule has 0 bridgehead atoms. The van der Waals surface area contributed by atoms with Gasteiger partial charge in [0.05, 0.1) is 6.04 Å². The molecule has 5 unspecified atom stereocenters. The van der Waals surface area contributed by atoms with Crippen LogP contribution >= 0.6 is 12.6 Å². The molecule has 4 amide bonds. The van der Waals surface area contributed by atoms with Gasteiger partial charge in [-0.05, 0) is 30.0 Å². The van der Waals surface area contributed by atoms with Crippen molar-refractivity contribution in [3.63, 3.8) is 0 Å². The van der Waals surface area contributed by atoms with E-state index in [2.05, 4.69) is 28.6 Å². The van der Waals surface area contributed by atoms with Crippen molar-refractivity contribution in [2.45, 2.75) is 63.7 Å². The average molecular weight is 526 g/mol. The molecular weight excluding hydrogens is 490 g/mol. The third-order valence-corrected chi connectivity index (χ3v) is 6.04. The number of primary amides is 1. The molecule has 5 atom stereocenters. The lowest BCUT2D eigenvalue weighted by atomic mass is 9.98. The summed E-state index contributed by atoms with van der Waals surface area (Å²) in [6, 6.07) is 1.29. The Labute approximate surface area is 215 Å². The topological polar surface area (TPSA) is 214 Å². The first-order valence-electron chi connectivity index (χ1n) is 11.5. The van der Waals surface area contributed by atoms with Crippen LogP contribution in [0.5, 0.6) is 5.75 Å². The molecule has 0 fully saturated rings. The van der Waals surface area contributed by atoms with Crippen molar-refractivity contribution >= 4 is 42.2 Å². The molecule has 12 nitrogen and oxygen atoms in total. The average Bonchev–Trinajstić information content (AvgIpc) is 2.84. The number of nitrogens with one attached hydrogen (secondary N) is 3. The molecule has 1 aromatic carbocycles. The SMILES string of the molecule is CCC(C)C(N)C(=O)NC(Cc1ccc(O)cc1)C(=O)NC(CCC(N)=O)C(=O)NC(CS)C(=O)O. The van der Waals surface area contributed by atoms with Crippen molar-refractivity contribution in [3.8, 4) is 5.75 Å². The number of amides is 4. The number of carbonyl (C=O) groups is 5. The Morgan fingerprint density at radius 3 is 1.97 bits per heavy atom. The van der Waals surface area contributed by atoms with Gasteiger partial charge in [0.15, 0.2) is 0 Å². The van der Waals surface area contributed by atoms with Gasteiger partial charge in [-0.15, -0.1) is 0 Å². The number of benzene rings is 1. The molecule has 0 spiro atoms. The van der Waals surface area contributed by atoms with Crippen LogP contribution in [0.1, 0.15) is 38.7 Å². The quantitative estimate of drug-likeness (QED) is 0.133. The maximum absolute atomic E-state index is 13.2. The van der Waals surface area contributed by atoms with E-state index in [1.807, 2.05) is 6.92 Å². The molecule has 0 aromatic heterocycles. The van der Waals surface area contributed by atoms with Crippen molar-refractivity contribution in [3.05, 3.63) is 29.8 Å². The number of carboxylic acid groups (broad SMARTS) is 1. The number of phenols is 1. The Balaban J connectivity index is 3.16. The van der Waals surface area contributed by atoms with E-state index in [4.69, 9.17) is 11.5 Å². The largest absolute Gasteiger partial charge is 0.508 e. The number of hydrogen-bond acceptors (Lipinski definition) is 8. The van der Waals surface area contributed by atoms with Gasteiger partial charge in [-0.25, -0.2) is 4.79 Å². The minimum absolute atomic E-state index is 0.00360. The van der Waals surface area contributed by atoms with Crippen LogP contribution in [0.25, 0.3) is 0 Å². The summed E-state index contributed by atoms with van der Waals surface area (Å²) in [5, 5.41) is 26.1. The molecule has 0 heterocycles. The van der Waals surface area contributed by atoms with Crippen molar-refractivity contribution in [1.82, 2.24) is 16.0 Å². The summed E-state index contributed by atoms with van der Waals surface area (Å²) in [4.78, 5) is 61.2. The molecular formula is C23H35N5O7S. The summed E-state index contributed by atoms with van der Waals surface area (Å²) in [5.41, 5.74) is 11.8. The monoisotopic (exact) mass is 525 g/mol. The Hall–Kier alpha value is -3.32. The smallest absolute Gasteiger partial charge is 0.327 e. The summed E-state index contributed by atoms with van der Waals surface area (Å²) < 4.78 is 0. The van der Waals surface area contributed by atoms with Crippen molar-refractivity contribution in [1.29, 1.82) is 0 Å². The lowest BCUT2D eigenvalue weighted by Gasteiger charge is -2.26. The van der Waals surface area contributed by atoms with Crippen LogP contribution < -0.4 is 27.4 Å². The van der Waals surface area contributed by atoms with Gasteiger partial charge in [0.25, 0.3) is 0 Å². The number of aromatic hydroxyl groups is 1. The van der Waals surface area contributed by atoms with Crippen LogP contribution in [0.2, 0.25) is 0 Å². The Morgan fingerprint density at radius 2 is 1.47 bits per heavy atom. The lowest BCUT2D eigenvalue weighted by Crippen LogP contribution is -2.58. The highest BCUT2D eigenvalue weighted by Gasteiger charge is 2.31. The Morgan fingerprint density at radius 1 is 0.944 bits per heavy atom. The molecule has 0 radical (unpaired) electrons. The standard InChI is InChI=1S/C23H35N5O7S/c1-3-12(2)19(25)22(33)27-16(10-13-4-6-14(29)7-5-13)21(32)26-15(8-9-18(24)30)20(31)28-17(11-36)23(34)35/h4-7,12,15-17,19,29,36H,3,8-11,25H2,1-2H3,(H2,24,30)(H,26,32)(H,27,33)(H,28,31)(H,34,35). The summed E-state index contributed by atoms with van der Waals surface area (Å²) in [5.74, 6) is -4.57. The summed E-state index contributed by atoms with van der Waals surface area (Å²) >= 11 is 3.90. The van der Waals surface area contributed by atoms with Crippen LogP contribution in [0.15, 0.2) is 24.3 Å². The van der Waals surface area contributed by atoms with Crippen LogP contribution in [0.3, 0.4) is 0 Å². The summed E-state index contributed by atoms with van der Waals surface area (Å²) in [6.07, 6.45) is 0.182. The predicted octanol–water partition coefficient (Wildman–Crippen LogP) is -0.958. The first-order valence-corrected chi connectivity index (χ1v) is 12.1. The third-order valence-electron chi connectivity index (χ3n) is 5.68. The fourth-order valence-electron chi connectivity index (χ4n) is 3.14. The van der Waals surface area contributed by atoms with Gasteiger partial charge in [-0.2, -0.15) is 12.6 Å². The first kappa shape index (κ1) is 30.7. The molecule has 1 aromatic rings. The number of nitrogens with two attached hydrogens (primary N) is 2. The first-order chi connectivity index (χ1) is 16.9. The van der Waals surface area contributed by atoms with E-state index in [1.165, 1.54) is 12.1 Å². The van der Waals surface area contributed by atoms with Crippen LogP contribution in [0, 0.1) is 5.92 Å². The highest BCUT2D eigenvalue weighted by Crippen LogP contribution is 2.13. The number of aliphatic carboxylic acids is 1. The van der Waals surface area contributed by atoms with Gasteiger partial charge in [0.1, 0.15) is 23.9 Å². The molecule has 9 N–H and O–H groups in total. The number of rotatable bonds is 15. The molecule has 0 saturated carbocycles. The number of hydrogen-bond donors (Lipinski definition) is 8. The lowest BCUT2D eigenvalue weighted by molar-refractivity contribution is -0.141. The molecule has 36 heavy (non-hydrogen) atoms. The maximum atomic E-state index is 13.2. The van der Waals surface area contributed by atoms with E-state index in [-0.39, 0.29) is 36.7 Å². The third kappa shape index (κ3) is 10.1. The van der Waals surface area contributed by atoms with Gasteiger partial charge in [0, 0.05) is 18.6 Å². The second-order valence-electron chi connectivity index (χ2n) is 8.49. The molecule has 0 aliphatic heterocycles. The minimum Gasteiger partial charge on any atom is -0.508 e. The van der Waals surface area contributed by atoms with E-state index < -0.39 is 53.8 Å². The van der Waals surface area contributed by atoms with Crippen LogP contribution in [-0.2, 0) is 30.4 Å². The summed E-state index contributed by atoms with van der Waals surface area (Å²) in [7, 11) is 0. The van der Waals surface area contributed by atoms with E-state index in [9.17, 15) is 34.2 Å². The second-order valence-corrected chi connectivity index (χ2v) is 8.86. The number of thiol groups is 1. The van der Waals surface area contributed by atoms with E-state index in [1.54, 1.807) is 19.1 Å². The zero-order valence-electron chi connectivity index (χ0n) is 20.3. The fourth-order valence-corrected chi connectivity index (χ4v) is 3.39. The molecule has 200 valence electrons. The van der Waals surface area contributed by atoms with E-state index >= 15 is 0 Å². The predicted molar refractivity (Wildman–Crippen MR) is 135 cm³/mol. The second kappa shape index (κ2) is 14.9. The van der Waals surface area contributed by atoms with Gasteiger partial charge < -0.3 is 37.6 Å². The fraction of sp³-hybridized carbons (Fsp3) is 0.522. The van der Waals surface area contributed by atoms with Gasteiger partial charge in [0.2, 0.25) is 23.6 Å².